The zero-order valence-electron chi connectivity index (χ0n) is 16.0. The number of hydrogen-bond acceptors (Lipinski definition) is 5. The molecule has 1 atom stereocenters. The molecule has 2 heterocycles. The molecule has 0 aliphatic carbocycles. The van der Waals surface area contributed by atoms with E-state index in [2.05, 4.69) is 10.1 Å². The summed E-state index contributed by atoms with van der Waals surface area (Å²) in [6.45, 7) is 5.95. The van der Waals surface area contributed by atoms with E-state index < -0.39 is 6.23 Å². The van der Waals surface area contributed by atoms with Crippen LogP contribution >= 0.6 is 0 Å². The second kappa shape index (κ2) is 7.31. The average molecular weight is 375 g/mol. The molecule has 6 nitrogen and oxygen atoms in total. The van der Waals surface area contributed by atoms with E-state index in [9.17, 15) is 4.79 Å². The number of carbonyl (C=O) groups is 1. The van der Waals surface area contributed by atoms with Crippen LogP contribution in [0.15, 0.2) is 59.7 Å². The summed E-state index contributed by atoms with van der Waals surface area (Å²) in [4.78, 5) is 16.8. The molecule has 0 radical (unpaired) electrons. The van der Waals surface area contributed by atoms with Crippen molar-refractivity contribution in [2.75, 3.05) is 6.61 Å². The molecule has 0 fully saturated rings. The monoisotopic (exact) mass is 375 g/mol. The Morgan fingerprint density at radius 3 is 2.64 bits per heavy atom. The third-order valence-electron chi connectivity index (χ3n) is 4.52. The second-order valence-corrected chi connectivity index (χ2v) is 6.57. The van der Waals surface area contributed by atoms with Gasteiger partial charge in [0.1, 0.15) is 5.75 Å². The topological polar surface area (TPSA) is 64.0 Å². The van der Waals surface area contributed by atoms with Gasteiger partial charge < -0.3 is 9.47 Å². The number of benzene rings is 2. The molecule has 1 aliphatic rings. The third-order valence-corrected chi connectivity index (χ3v) is 4.52. The van der Waals surface area contributed by atoms with Crippen LogP contribution in [0.3, 0.4) is 0 Å². The number of nitrogens with zero attached hydrogens (tertiary/aromatic N) is 3. The van der Waals surface area contributed by atoms with Crippen molar-refractivity contribution in [3.8, 4) is 5.75 Å². The van der Waals surface area contributed by atoms with Crippen LogP contribution in [0, 0.1) is 6.92 Å². The highest BCUT2D eigenvalue weighted by Crippen LogP contribution is 2.34. The van der Waals surface area contributed by atoms with Crippen molar-refractivity contribution in [3.63, 3.8) is 0 Å². The molecule has 1 aliphatic heterocycles. The summed E-state index contributed by atoms with van der Waals surface area (Å²) in [6.07, 6.45) is -0.634. The lowest BCUT2D eigenvalue weighted by atomic mass is 10.1. The molecule has 1 aromatic heterocycles. The molecule has 6 heteroatoms. The van der Waals surface area contributed by atoms with Crippen molar-refractivity contribution in [2.45, 2.75) is 27.0 Å². The summed E-state index contributed by atoms with van der Waals surface area (Å²) in [5.74, 6) is 0.992. The van der Waals surface area contributed by atoms with Gasteiger partial charge in [0.15, 0.2) is 0 Å². The smallest absolute Gasteiger partial charge is 0.243 e. The highest BCUT2D eigenvalue weighted by molar-refractivity contribution is 5.97. The van der Waals surface area contributed by atoms with Gasteiger partial charge in [-0.15, -0.1) is 5.10 Å². The number of para-hydroxylation sites is 1. The van der Waals surface area contributed by atoms with Crippen molar-refractivity contribution >= 4 is 22.7 Å². The van der Waals surface area contributed by atoms with Crippen molar-refractivity contribution < 1.29 is 14.3 Å². The molecule has 142 valence electrons. The predicted molar refractivity (Wildman–Crippen MR) is 107 cm³/mol. The lowest BCUT2D eigenvalue weighted by Crippen LogP contribution is -2.25. The number of hydrazone groups is 1. The van der Waals surface area contributed by atoms with E-state index >= 15 is 0 Å². The Balaban J connectivity index is 1.73. The Labute approximate surface area is 163 Å². The Morgan fingerprint density at radius 1 is 1.18 bits per heavy atom. The molecule has 0 bridgehead atoms. The fourth-order valence-corrected chi connectivity index (χ4v) is 3.29. The molecule has 0 N–H and O–H groups in total. The van der Waals surface area contributed by atoms with Gasteiger partial charge in [-0.2, -0.15) is 5.01 Å². The van der Waals surface area contributed by atoms with E-state index in [0.29, 0.717) is 12.5 Å². The van der Waals surface area contributed by atoms with Gasteiger partial charge >= 0.3 is 0 Å². The van der Waals surface area contributed by atoms with Crippen LogP contribution in [-0.4, -0.2) is 28.4 Å². The molecule has 0 spiro atoms. The Kier molecular flexibility index (Phi) is 4.69. The number of rotatable bonds is 4. The predicted octanol–water partition coefficient (Wildman–Crippen LogP) is 4.18. The molecular weight excluding hydrogens is 354 g/mol. The first-order chi connectivity index (χ1) is 13.6. The summed E-state index contributed by atoms with van der Waals surface area (Å²) in [6, 6.07) is 17.2. The Morgan fingerprint density at radius 2 is 1.93 bits per heavy atom. The number of fused-ring (bicyclic) bond motifs is 1. The molecule has 1 amide bonds. The molecule has 0 saturated carbocycles. The first-order valence-corrected chi connectivity index (χ1v) is 9.21. The summed E-state index contributed by atoms with van der Waals surface area (Å²) in [7, 11) is 0. The van der Waals surface area contributed by atoms with Crippen LogP contribution < -0.4 is 4.74 Å². The van der Waals surface area contributed by atoms with Crippen molar-refractivity contribution in [1.82, 2.24) is 9.99 Å². The minimum absolute atomic E-state index is 0.190. The average Bonchev–Trinajstić information content (AvgIpc) is 3.14. The van der Waals surface area contributed by atoms with Crippen LogP contribution in [0.4, 0.5) is 0 Å². The Hall–Kier alpha value is -3.41. The van der Waals surface area contributed by atoms with Crippen LogP contribution in [-0.2, 0) is 9.53 Å². The summed E-state index contributed by atoms with van der Waals surface area (Å²) in [5.41, 5.74) is 3.37. The minimum atomic E-state index is -0.634. The summed E-state index contributed by atoms with van der Waals surface area (Å²) in [5, 5.41) is 6.76. The van der Waals surface area contributed by atoms with E-state index in [1.807, 2.05) is 68.4 Å². The van der Waals surface area contributed by atoms with E-state index in [0.717, 1.165) is 33.5 Å². The second-order valence-electron chi connectivity index (χ2n) is 6.57. The van der Waals surface area contributed by atoms with Gasteiger partial charge in [0.2, 0.25) is 18.0 Å². The fourth-order valence-electron chi connectivity index (χ4n) is 3.29. The molecule has 3 aromatic rings. The largest absolute Gasteiger partial charge is 0.494 e. The lowest BCUT2D eigenvalue weighted by Gasteiger charge is -2.21. The zero-order chi connectivity index (χ0) is 19.7. The number of carbonyl (C=O) groups excluding carboxylic acids is 1. The molecule has 1 unspecified atom stereocenters. The maximum Gasteiger partial charge on any atom is 0.243 e. The maximum absolute atomic E-state index is 12.3. The van der Waals surface area contributed by atoms with E-state index in [4.69, 9.17) is 9.47 Å². The SMILES string of the molecule is CCOc1ccc(C2=NN(C(C)=O)C(c3cc(C)nc4ccccc34)O2)cc1. The number of ether oxygens (including phenoxy) is 2. The van der Waals surface area contributed by atoms with Gasteiger partial charge in [-0.05, 0) is 50.2 Å². The van der Waals surface area contributed by atoms with Crippen LogP contribution in [0.2, 0.25) is 0 Å². The van der Waals surface area contributed by atoms with Crippen LogP contribution in [0.1, 0.15) is 36.9 Å². The molecule has 2 aromatic carbocycles. The van der Waals surface area contributed by atoms with Gasteiger partial charge in [0.25, 0.3) is 0 Å². The van der Waals surface area contributed by atoms with Crippen LogP contribution in [0.5, 0.6) is 5.75 Å². The zero-order valence-corrected chi connectivity index (χ0v) is 16.0. The number of pyridine rings is 1. The minimum Gasteiger partial charge on any atom is -0.494 e. The number of hydrogen-bond donors (Lipinski definition) is 0. The maximum atomic E-state index is 12.3. The summed E-state index contributed by atoms with van der Waals surface area (Å²) >= 11 is 0. The highest BCUT2D eigenvalue weighted by atomic mass is 16.5. The lowest BCUT2D eigenvalue weighted by molar-refractivity contribution is -0.135. The van der Waals surface area contributed by atoms with E-state index in [1.165, 1.54) is 11.9 Å². The standard InChI is InChI=1S/C22H21N3O3/c1-4-27-17-11-9-16(10-12-17)21-24-25(15(3)26)22(28-21)19-13-14(2)23-20-8-6-5-7-18(19)20/h5-13,22H,4H2,1-3H3. The first-order valence-electron chi connectivity index (χ1n) is 9.21. The molecular formula is C22H21N3O3. The summed E-state index contributed by atoms with van der Waals surface area (Å²) < 4.78 is 11.6. The van der Waals surface area contributed by atoms with Gasteiger partial charge in [-0.1, -0.05) is 18.2 Å². The highest BCUT2D eigenvalue weighted by Gasteiger charge is 2.34. The number of amides is 1. The normalized spacial score (nSPS) is 16.0. The van der Waals surface area contributed by atoms with Crippen LogP contribution in [0.25, 0.3) is 10.9 Å². The van der Waals surface area contributed by atoms with Crippen molar-refractivity contribution in [2.24, 2.45) is 5.10 Å². The Bertz CT molecular complexity index is 1060. The fraction of sp³-hybridized carbons (Fsp3) is 0.227. The van der Waals surface area contributed by atoms with Gasteiger partial charge in [0.05, 0.1) is 12.1 Å². The number of aromatic nitrogens is 1. The molecule has 0 saturated heterocycles. The van der Waals surface area contributed by atoms with Crippen molar-refractivity contribution in [1.29, 1.82) is 0 Å². The van der Waals surface area contributed by atoms with E-state index in [1.54, 1.807) is 0 Å². The quantitative estimate of drug-likeness (QED) is 0.686. The van der Waals surface area contributed by atoms with E-state index in [-0.39, 0.29) is 5.91 Å². The first kappa shape index (κ1) is 18.0. The van der Waals surface area contributed by atoms with Gasteiger partial charge in [-0.25, -0.2) is 0 Å². The van der Waals surface area contributed by atoms with Gasteiger partial charge in [0, 0.05) is 29.1 Å². The molecule has 4 rings (SSSR count). The van der Waals surface area contributed by atoms with Crippen molar-refractivity contribution in [3.05, 3.63) is 71.4 Å². The van der Waals surface area contributed by atoms with Gasteiger partial charge in [-0.3, -0.25) is 9.78 Å². The third kappa shape index (κ3) is 3.29. The number of aryl methyl sites for hydroxylation is 1. The molecule has 28 heavy (non-hydrogen) atoms.